The van der Waals surface area contributed by atoms with E-state index in [1.165, 1.54) is 0 Å². The maximum Gasteiger partial charge on any atom is 3.00 e. The first-order chi connectivity index (χ1) is 15.2. The second-order valence-corrected chi connectivity index (χ2v) is 5.53. The summed E-state index contributed by atoms with van der Waals surface area (Å²) in [4.78, 5) is 8.31. The van der Waals surface area contributed by atoms with Crippen LogP contribution in [0.5, 0.6) is 0 Å². The molecule has 4 aromatic rings. The van der Waals surface area contributed by atoms with E-state index in [1.807, 2.05) is 60.7 Å². The molecule has 0 aliphatic rings. The average molecular weight is 537 g/mol. The largest absolute Gasteiger partial charge is 3.00 e. The molecular formula is C24H22IrN2+3. The third kappa shape index (κ3) is 5.68. The molecule has 27 heavy (non-hydrogen) atoms. The van der Waals surface area contributed by atoms with Crippen LogP contribution in [0.4, 0.5) is 0 Å². The van der Waals surface area contributed by atoms with Gasteiger partial charge in [0.15, 0.2) is 0 Å². The fraction of sp³-hybridized carbons (Fsp3) is 0.0833. The van der Waals surface area contributed by atoms with Gasteiger partial charge in [-0.05, 0) is 37.0 Å². The van der Waals surface area contributed by atoms with Crippen molar-refractivity contribution in [1.82, 2.24) is 9.97 Å². The third-order valence-corrected chi connectivity index (χ3v) is 3.71. The molecule has 0 N–H and O–H groups in total. The van der Waals surface area contributed by atoms with Gasteiger partial charge < -0.3 is 0 Å². The van der Waals surface area contributed by atoms with E-state index in [-0.39, 0.29) is 20.1 Å². The molecular weight excluding hydrogens is 508 g/mol. The molecule has 0 saturated carbocycles. The number of benzene rings is 2. The Morgan fingerprint density at radius 2 is 0.963 bits per heavy atom. The van der Waals surface area contributed by atoms with Crippen LogP contribution in [-0.4, -0.2) is 9.97 Å². The molecule has 4 rings (SSSR count). The van der Waals surface area contributed by atoms with Crippen molar-refractivity contribution in [2.24, 2.45) is 0 Å². The normalized spacial score (nSPS) is 13.8. The predicted molar refractivity (Wildman–Crippen MR) is 109 cm³/mol. The van der Waals surface area contributed by atoms with Crippen LogP contribution in [0.15, 0.2) is 97.3 Å². The molecule has 0 amide bonds. The summed E-state index contributed by atoms with van der Waals surface area (Å²) in [5.41, 5.74) is 3.30. The molecule has 0 radical (unpaired) electrons. The van der Waals surface area contributed by atoms with E-state index in [1.54, 1.807) is 36.7 Å². The van der Waals surface area contributed by atoms with Gasteiger partial charge in [-0.2, -0.15) is 0 Å². The number of aryl methyl sites for hydroxylation is 2. The standard InChI is InChI=1S/2C12H11N.Ir/c2*1-10-6-5-9-13-12(10)11-7-3-2-4-8-11;/h2*2-9H,1H3;/q;;+3/i2*1D3;. The van der Waals surface area contributed by atoms with Crippen LogP contribution in [0.2, 0.25) is 0 Å². The summed E-state index contributed by atoms with van der Waals surface area (Å²) in [6, 6.07) is 25.2. The first kappa shape index (κ1) is 13.5. The maximum absolute atomic E-state index is 7.46. The number of aromatic nitrogens is 2. The topological polar surface area (TPSA) is 25.8 Å². The van der Waals surface area contributed by atoms with Gasteiger partial charge in [0.2, 0.25) is 0 Å². The summed E-state index contributed by atoms with van der Waals surface area (Å²) in [5.74, 6) is 0. The Balaban J connectivity index is 0.000000227. The quantitative estimate of drug-likeness (QED) is 0.309. The number of hydrogen-bond donors (Lipinski definition) is 0. The summed E-state index contributed by atoms with van der Waals surface area (Å²) in [7, 11) is 0. The van der Waals surface area contributed by atoms with Gasteiger partial charge in [-0.25, -0.2) is 0 Å². The summed E-state index contributed by atoms with van der Waals surface area (Å²) in [6.45, 7) is -4.25. The van der Waals surface area contributed by atoms with E-state index in [2.05, 4.69) is 9.97 Å². The van der Waals surface area contributed by atoms with E-state index >= 15 is 0 Å². The van der Waals surface area contributed by atoms with Gasteiger partial charge in [-0.1, -0.05) is 72.8 Å². The van der Waals surface area contributed by atoms with Crippen LogP contribution in [0.3, 0.4) is 0 Å². The van der Waals surface area contributed by atoms with E-state index < -0.39 is 13.7 Å². The van der Waals surface area contributed by atoms with E-state index in [0.717, 1.165) is 11.1 Å². The predicted octanol–water partition coefficient (Wildman–Crippen LogP) is 6.11. The maximum atomic E-state index is 7.46. The minimum atomic E-state index is -2.13. The van der Waals surface area contributed by atoms with Crippen molar-refractivity contribution in [1.29, 1.82) is 0 Å². The van der Waals surface area contributed by atoms with Crippen LogP contribution < -0.4 is 0 Å². The van der Waals surface area contributed by atoms with Gasteiger partial charge in [0.25, 0.3) is 0 Å². The summed E-state index contributed by atoms with van der Waals surface area (Å²) >= 11 is 0. The smallest absolute Gasteiger partial charge is 0.256 e. The number of rotatable bonds is 2. The van der Waals surface area contributed by atoms with Crippen molar-refractivity contribution in [3.63, 3.8) is 0 Å². The number of hydrogen-bond acceptors (Lipinski definition) is 2. The second-order valence-electron chi connectivity index (χ2n) is 5.53. The van der Waals surface area contributed by atoms with E-state index in [4.69, 9.17) is 8.22 Å². The average Bonchev–Trinajstić information content (AvgIpc) is 2.80. The minimum Gasteiger partial charge on any atom is -0.256 e. The van der Waals surface area contributed by atoms with Crippen molar-refractivity contribution in [3.05, 3.63) is 108 Å². The molecule has 0 unspecified atom stereocenters. The van der Waals surface area contributed by atoms with Crippen molar-refractivity contribution in [2.45, 2.75) is 13.7 Å². The zero-order valence-electron chi connectivity index (χ0n) is 20.5. The first-order valence-corrected chi connectivity index (χ1v) is 8.20. The summed E-state index contributed by atoms with van der Waals surface area (Å²) < 4.78 is 44.7. The molecule has 0 saturated heterocycles. The first-order valence-electron chi connectivity index (χ1n) is 11.2. The Hall–Kier alpha value is -2.61. The number of nitrogens with zero attached hydrogens (tertiary/aromatic N) is 2. The molecule has 2 aromatic heterocycles. The van der Waals surface area contributed by atoms with Crippen LogP contribution in [0, 0.1) is 13.7 Å². The summed E-state index contributed by atoms with van der Waals surface area (Å²) in [6.07, 6.45) is 3.22. The molecule has 0 atom stereocenters. The molecule has 2 nitrogen and oxygen atoms in total. The van der Waals surface area contributed by atoms with Crippen LogP contribution in [0.1, 0.15) is 19.4 Å². The monoisotopic (exact) mass is 537 g/mol. The molecule has 0 aliphatic carbocycles. The summed E-state index contributed by atoms with van der Waals surface area (Å²) in [5, 5.41) is 0. The molecule has 3 heteroatoms. The van der Waals surface area contributed by atoms with Crippen molar-refractivity contribution in [3.8, 4) is 22.5 Å². The van der Waals surface area contributed by atoms with Gasteiger partial charge in [0, 0.05) is 31.7 Å². The SMILES string of the molecule is [2H]C([2H])([2H])c1cccnc1-c1ccccc1.[2H]C([2H])([2H])c1cccnc1-c1ccccc1.[Ir+3]. The third-order valence-electron chi connectivity index (χ3n) is 3.71. The van der Waals surface area contributed by atoms with Gasteiger partial charge in [-0.15, -0.1) is 0 Å². The molecule has 0 spiro atoms. The fourth-order valence-corrected chi connectivity index (χ4v) is 2.46. The zero-order chi connectivity index (χ0) is 23.2. The second kappa shape index (κ2) is 10.5. The van der Waals surface area contributed by atoms with Crippen molar-refractivity contribution < 1.29 is 28.3 Å². The minimum absolute atomic E-state index is 0. The Morgan fingerprint density at radius 1 is 0.556 bits per heavy atom. The number of pyridine rings is 2. The van der Waals surface area contributed by atoms with Gasteiger partial charge in [0.1, 0.15) is 0 Å². The van der Waals surface area contributed by atoms with Crippen LogP contribution in [-0.2, 0) is 20.1 Å². The molecule has 2 aromatic carbocycles. The van der Waals surface area contributed by atoms with Crippen LogP contribution in [0.25, 0.3) is 22.5 Å². The van der Waals surface area contributed by atoms with Gasteiger partial charge in [0.05, 0.1) is 11.4 Å². The van der Waals surface area contributed by atoms with Gasteiger partial charge in [-0.3, -0.25) is 9.97 Å². The molecule has 134 valence electrons. The van der Waals surface area contributed by atoms with E-state index in [9.17, 15) is 0 Å². The fourth-order valence-electron chi connectivity index (χ4n) is 2.46. The molecule has 0 bridgehead atoms. The Labute approximate surface area is 183 Å². The zero-order valence-corrected chi connectivity index (χ0v) is 16.9. The molecule has 0 aliphatic heterocycles. The Kier molecular flexibility index (Phi) is 5.27. The van der Waals surface area contributed by atoms with Crippen LogP contribution >= 0.6 is 0 Å². The molecule has 2 heterocycles. The van der Waals surface area contributed by atoms with Gasteiger partial charge >= 0.3 is 20.1 Å². The van der Waals surface area contributed by atoms with E-state index in [0.29, 0.717) is 22.5 Å². The Morgan fingerprint density at radius 3 is 1.33 bits per heavy atom. The Bertz CT molecular complexity index is 1050. The van der Waals surface area contributed by atoms with Crippen molar-refractivity contribution in [2.75, 3.05) is 0 Å². The molecule has 0 fully saturated rings. The van der Waals surface area contributed by atoms with Crippen molar-refractivity contribution >= 4 is 0 Å².